The van der Waals surface area contributed by atoms with Gasteiger partial charge >= 0.3 is 0 Å². The smallest absolute Gasteiger partial charge is 0.241 e. The predicted molar refractivity (Wildman–Crippen MR) is 72.9 cm³/mol. The molecule has 0 saturated heterocycles. The van der Waals surface area contributed by atoms with E-state index >= 15 is 0 Å². The maximum atomic E-state index is 13.2. The number of nitrogen functional groups attached to an aromatic ring is 1. The molecule has 1 aromatic carbocycles. The van der Waals surface area contributed by atoms with Gasteiger partial charge < -0.3 is 5.73 Å². The van der Waals surface area contributed by atoms with E-state index < -0.39 is 15.8 Å². The second-order valence-corrected chi connectivity index (χ2v) is 6.21. The lowest BCUT2D eigenvalue weighted by Crippen LogP contribution is -2.25. The van der Waals surface area contributed by atoms with Crippen molar-refractivity contribution in [3.63, 3.8) is 0 Å². The highest BCUT2D eigenvalue weighted by molar-refractivity contribution is 7.89. The summed E-state index contributed by atoms with van der Waals surface area (Å²) in [6.45, 7) is 3.12. The number of nitrogens with two attached hydrogens (primary N) is 1. The van der Waals surface area contributed by atoms with Crippen molar-refractivity contribution < 1.29 is 12.8 Å². The third-order valence-electron chi connectivity index (χ3n) is 2.90. The van der Waals surface area contributed by atoms with Crippen molar-refractivity contribution >= 4 is 15.8 Å². The molecule has 4 N–H and O–H groups in total. The fraction of sp³-hybridized carbons (Fsp3) is 0.250. The number of rotatable bonds is 4. The molecule has 0 fully saturated rings. The van der Waals surface area contributed by atoms with Crippen LogP contribution in [0.15, 0.2) is 23.2 Å². The number of aryl methyl sites for hydroxylation is 2. The SMILES string of the molecule is Cc1cc(F)cc(C)c1S(=O)(=O)NCc1cn[nH]c1N. The molecule has 8 heteroatoms. The normalized spacial score (nSPS) is 11.8. The van der Waals surface area contributed by atoms with Crippen LogP contribution in [0.4, 0.5) is 10.2 Å². The highest BCUT2D eigenvalue weighted by Gasteiger charge is 2.20. The topological polar surface area (TPSA) is 101 Å². The van der Waals surface area contributed by atoms with E-state index in [4.69, 9.17) is 5.73 Å². The van der Waals surface area contributed by atoms with Crippen molar-refractivity contribution in [1.82, 2.24) is 14.9 Å². The van der Waals surface area contributed by atoms with Crippen molar-refractivity contribution in [2.24, 2.45) is 0 Å². The number of aromatic amines is 1. The average molecular weight is 298 g/mol. The third kappa shape index (κ3) is 2.81. The van der Waals surface area contributed by atoms with Gasteiger partial charge in [-0.05, 0) is 37.1 Å². The van der Waals surface area contributed by atoms with Gasteiger partial charge in [0.2, 0.25) is 10.0 Å². The first-order chi connectivity index (χ1) is 9.31. The van der Waals surface area contributed by atoms with E-state index in [-0.39, 0.29) is 11.4 Å². The standard InChI is InChI=1S/C12H15FN4O2S/c1-7-3-10(13)4-8(2)11(7)20(18,19)16-6-9-5-15-17-12(9)14/h3-5,16H,6H2,1-2H3,(H3,14,15,17). The van der Waals surface area contributed by atoms with E-state index in [0.717, 1.165) is 0 Å². The Morgan fingerprint density at radius 1 is 1.35 bits per heavy atom. The minimum Gasteiger partial charge on any atom is -0.384 e. The number of benzene rings is 1. The molecule has 6 nitrogen and oxygen atoms in total. The molecule has 1 aromatic heterocycles. The molecular formula is C12H15FN4O2S. The van der Waals surface area contributed by atoms with Crippen LogP contribution in [-0.2, 0) is 16.6 Å². The van der Waals surface area contributed by atoms with Crippen LogP contribution < -0.4 is 10.5 Å². The summed E-state index contributed by atoms with van der Waals surface area (Å²) in [6.07, 6.45) is 1.45. The summed E-state index contributed by atoms with van der Waals surface area (Å²) < 4.78 is 40.2. The zero-order chi connectivity index (χ0) is 14.9. The molecule has 1 heterocycles. The van der Waals surface area contributed by atoms with Crippen molar-refractivity contribution in [2.45, 2.75) is 25.3 Å². The second-order valence-electron chi connectivity index (χ2n) is 4.50. The summed E-state index contributed by atoms with van der Waals surface area (Å²) in [7, 11) is -3.75. The zero-order valence-corrected chi connectivity index (χ0v) is 11.9. The number of aromatic nitrogens is 2. The van der Waals surface area contributed by atoms with Crippen LogP contribution in [0.2, 0.25) is 0 Å². The van der Waals surface area contributed by atoms with Crippen molar-refractivity contribution in [3.05, 3.63) is 40.8 Å². The summed E-state index contributed by atoms with van der Waals surface area (Å²) in [6, 6.07) is 2.38. The van der Waals surface area contributed by atoms with Gasteiger partial charge in [0.15, 0.2) is 0 Å². The minimum atomic E-state index is -3.75. The van der Waals surface area contributed by atoms with Gasteiger partial charge in [0.1, 0.15) is 11.6 Å². The quantitative estimate of drug-likeness (QED) is 0.790. The number of anilines is 1. The molecule has 0 radical (unpaired) electrons. The van der Waals surface area contributed by atoms with Gasteiger partial charge in [0.05, 0.1) is 11.1 Å². The maximum Gasteiger partial charge on any atom is 0.241 e. The fourth-order valence-corrected chi connectivity index (χ4v) is 3.48. The number of hydrogen-bond donors (Lipinski definition) is 3. The Morgan fingerprint density at radius 2 is 1.95 bits per heavy atom. The monoisotopic (exact) mass is 298 g/mol. The summed E-state index contributed by atoms with van der Waals surface area (Å²) in [4.78, 5) is 0.0842. The Morgan fingerprint density at radius 3 is 2.45 bits per heavy atom. The second kappa shape index (κ2) is 5.22. The van der Waals surface area contributed by atoms with E-state index in [0.29, 0.717) is 22.5 Å². The molecular weight excluding hydrogens is 283 g/mol. The number of nitrogens with one attached hydrogen (secondary N) is 2. The highest BCUT2D eigenvalue weighted by atomic mass is 32.2. The van der Waals surface area contributed by atoms with Crippen molar-refractivity contribution in [2.75, 3.05) is 5.73 Å². The van der Waals surface area contributed by atoms with Crippen LogP contribution in [0.1, 0.15) is 16.7 Å². The summed E-state index contributed by atoms with van der Waals surface area (Å²) in [5.41, 5.74) is 6.85. The van der Waals surface area contributed by atoms with Crippen LogP contribution >= 0.6 is 0 Å². The van der Waals surface area contributed by atoms with Crippen LogP contribution in [0.3, 0.4) is 0 Å². The Bertz CT molecular complexity index is 717. The fourth-order valence-electron chi connectivity index (χ4n) is 2.03. The van der Waals surface area contributed by atoms with E-state index in [2.05, 4.69) is 14.9 Å². The van der Waals surface area contributed by atoms with Crippen LogP contribution in [0.5, 0.6) is 0 Å². The number of nitrogens with zero attached hydrogens (tertiary/aromatic N) is 1. The Labute approximate surface area is 116 Å². The lowest BCUT2D eigenvalue weighted by Gasteiger charge is -2.12. The average Bonchev–Trinajstić information content (AvgIpc) is 2.70. The van der Waals surface area contributed by atoms with E-state index in [9.17, 15) is 12.8 Å². The number of sulfonamides is 1. The van der Waals surface area contributed by atoms with Gasteiger partial charge in [-0.2, -0.15) is 5.10 Å². The first-order valence-corrected chi connectivity index (χ1v) is 7.33. The first kappa shape index (κ1) is 14.5. The van der Waals surface area contributed by atoms with Gasteiger partial charge in [-0.25, -0.2) is 17.5 Å². The molecule has 0 aliphatic carbocycles. The molecule has 0 amide bonds. The van der Waals surface area contributed by atoms with Crippen LogP contribution in [-0.4, -0.2) is 18.6 Å². The molecule has 0 bridgehead atoms. The maximum absolute atomic E-state index is 13.2. The molecule has 0 aliphatic heterocycles. The first-order valence-electron chi connectivity index (χ1n) is 5.85. The summed E-state index contributed by atoms with van der Waals surface area (Å²) in [5.74, 6) is -0.154. The van der Waals surface area contributed by atoms with E-state index in [1.807, 2.05) is 0 Å². The van der Waals surface area contributed by atoms with Gasteiger partial charge in [-0.3, -0.25) is 5.10 Å². The Balaban J connectivity index is 2.30. The van der Waals surface area contributed by atoms with Crippen LogP contribution in [0, 0.1) is 19.7 Å². The van der Waals surface area contributed by atoms with Crippen molar-refractivity contribution in [1.29, 1.82) is 0 Å². The molecule has 20 heavy (non-hydrogen) atoms. The lowest BCUT2D eigenvalue weighted by atomic mass is 10.1. The van der Waals surface area contributed by atoms with Crippen molar-refractivity contribution in [3.8, 4) is 0 Å². The summed E-state index contributed by atoms with van der Waals surface area (Å²) >= 11 is 0. The summed E-state index contributed by atoms with van der Waals surface area (Å²) in [5, 5.41) is 6.23. The third-order valence-corrected chi connectivity index (χ3v) is 4.60. The van der Waals surface area contributed by atoms with E-state index in [1.165, 1.54) is 18.3 Å². The lowest BCUT2D eigenvalue weighted by molar-refractivity contribution is 0.578. The van der Waals surface area contributed by atoms with E-state index in [1.54, 1.807) is 13.8 Å². The highest BCUT2D eigenvalue weighted by Crippen LogP contribution is 2.21. The molecule has 0 aliphatic rings. The van der Waals surface area contributed by atoms with Gasteiger partial charge in [-0.1, -0.05) is 0 Å². The molecule has 2 rings (SSSR count). The zero-order valence-electron chi connectivity index (χ0n) is 11.1. The molecule has 0 atom stereocenters. The molecule has 108 valence electrons. The van der Waals surface area contributed by atoms with Gasteiger partial charge in [0.25, 0.3) is 0 Å². The Kier molecular flexibility index (Phi) is 3.78. The molecule has 0 spiro atoms. The molecule has 0 unspecified atom stereocenters. The van der Waals surface area contributed by atoms with Crippen LogP contribution in [0.25, 0.3) is 0 Å². The predicted octanol–water partition coefficient (Wildman–Crippen LogP) is 1.23. The van der Waals surface area contributed by atoms with Gasteiger partial charge in [-0.15, -0.1) is 0 Å². The number of halogens is 1. The number of hydrogen-bond acceptors (Lipinski definition) is 4. The number of H-pyrrole nitrogens is 1. The Hall–Kier alpha value is -1.93. The minimum absolute atomic E-state index is 0.0148. The molecule has 2 aromatic rings. The molecule has 0 saturated carbocycles. The largest absolute Gasteiger partial charge is 0.384 e. The van der Waals surface area contributed by atoms with Gasteiger partial charge in [0, 0.05) is 12.1 Å².